The SMILES string of the molecule is CN(CCCO)C(=O)N(c1ccccc1)c1ccccc1. The van der Waals surface area contributed by atoms with Crippen molar-refractivity contribution in [2.75, 3.05) is 25.1 Å². The molecule has 0 saturated heterocycles. The maximum atomic E-state index is 12.7. The lowest BCUT2D eigenvalue weighted by atomic mass is 10.2. The fourth-order valence-corrected chi connectivity index (χ4v) is 2.10. The average Bonchev–Trinajstić information content (AvgIpc) is 2.54. The Morgan fingerprint density at radius 1 is 0.952 bits per heavy atom. The van der Waals surface area contributed by atoms with E-state index in [9.17, 15) is 4.79 Å². The molecule has 0 unspecified atom stereocenters. The monoisotopic (exact) mass is 284 g/mol. The number of aliphatic hydroxyl groups excluding tert-OH is 1. The minimum absolute atomic E-state index is 0.0777. The number of carbonyl (C=O) groups is 1. The topological polar surface area (TPSA) is 43.8 Å². The molecule has 21 heavy (non-hydrogen) atoms. The zero-order valence-corrected chi connectivity index (χ0v) is 12.1. The summed E-state index contributed by atoms with van der Waals surface area (Å²) < 4.78 is 0. The van der Waals surface area contributed by atoms with Crippen molar-refractivity contribution < 1.29 is 9.90 Å². The molecule has 0 aliphatic heterocycles. The van der Waals surface area contributed by atoms with Gasteiger partial charge in [-0.25, -0.2) is 4.79 Å². The summed E-state index contributed by atoms with van der Waals surface area (Å²) in [6.45, 7) is 0.597. The van der Waals surface area contributed by atoms with E-state index in [1.165, 1.54) is 0 Å². The number of hydrogen-bond acceptors (Lipinski definition) is 2. The second-order valence-corrected chi connectivity index (χ2v) is 4.79. The lowest BCUT2D eigenvalue weighted by molar-refractivity contribution is 0.210. The Labute approximate surface area is 125 Å². The average molecular weight is 284 g/mol. The van der Waals surface area contributed by atoms with Crippen molar-refractivity contribution in [2.24, 2.45) is 0 Å². The van der Waals surface area contributed by atoms with Crippen LogP contribution in [0, 0.1) is 0 Å². The Kier molecular flexibility index (Phi) is 5.35. The van der Waals surface area contributed by atoms with E-state index in [4.69, 9.17) is 5.11 Å². The highest BCUT2D eigenvalue weighted by molar-refractivity contribution is 5.99. The summed E-state index contributed by atoms with van der Waals surface area (Å²) >= 11 is 0. The second-order valence-electron chi connectivity index (χ2n) is 4.79. The minimum atomic E-state index is -0.110. The lowest BCUT2D eigenvalue weighted by Gasteiger charge is -2.28. The number of hydrogen-bond donors (Lipinski definition) is 1. The van der Waals surface area contributed by atoms with Crippen molar-refractivity contribution in [1.82, 2.24) is 4.90 Å². The fourth-order valence-electron chi connectivity index (χ4n) is 2.10. The number of anilines is 2. The van der Waals surface area contributed by atoms with Gasteiger partial charge in [0, 0.05) is 20.2 Å². The smallest absolute Gasteiger partial charge is 0.328 e. The molecule has 110 valence electrons. The predicted octanol–water partition coefficient (Wildman–Crippen LogP) is 3.26. The Hall–Kier alpha value is -2.33. The number of urea groups is 1. The molecule has 0 heterocycles. The van der Waals surface area contributed by atoms with Gasteiger partial charge < -0.3 is 10.0 Å². The Morgan fingerprint density at radius 3 is 1.86 bits per heavy atom. The van der Waals surface area contributed by atoms with Crippen LogP contribution in [-0.4, -0.2) is 36.2 Å². The summed E-state index contributed by atoms with van der Waals surface area (Å²) in [5, 5.41) is 8.92. The molecule has 0 bridgehead atoms. The summed E-state index contributed by atoms with van der Waals surface area (Å²) in [5.74, 6) is 0. The molecule has 2 aromatic carbocycles. The van der Waals surface area contributed by atoms with Gasteiger partial charge in [-0.2, -0.15) is 0 Å². The van der Waals surface area contributed by atoms with E-state index in [2.05, 4.69) is 0 Å². The minimum Gasteiger partial charge on any atom is -0.396 e. The van der Waals surface area contributed by atoms with E-state index in [-0.39, 0.29) is 12.6 Å². The molecule has 2 aromatic rings. The Bertz CT molecular complexity index is 518. The Morgan fingerprint density at radius 2 is 1.43 bits per heavy atom. The fraction of sp³-hybridized carbons (Fsp3) is 0.235. The van der Waals surface area contributed by atoms with E-state index in [0.29, 0.717) is 13.0 Å². The van der Waals surface area contributed by atoms with Gasteiger partial charge >= 0.3 is 6.03 Å². The van der Waals surface area contributed by atoms with Crippen LogP contribution in [0.4, 0.5) is 16.2 Å². The molecule has 4 nitrogen and oxygen atoms in total. The van der Waals surface area contributed by atoms with Crippen molar-refractivity contribution >= 4 is 17.4 Å². The molecule has 0 saturated carbocycles. The zero-order valence-electron chi connectivity index (χ0n) is 12.1. The molecule has 0 aromatic heterocycles. The number of benzene rings is 2. The predicted molar refractivity (Wildman–Crippen MR) is 84.8 cm³/mol. The number of para-hydroxylation sites is 2. The van der Waals surface area contributed by atoms with E-state index in [1.54, 1.807) is 16.8 Å². The summed E-state index contributed by atoms with van der Waals surface area (Å²) in [6.07, 6.45) is 0.569. The third kappa shape index (κ3) is 3.83. The zero-order chi connectivity index (χ0) is 15.1. The summed E-state index contributed by atoms with van der Waals surface area (Å²) in [4.78, 5) is 16.0. The molecule has 0 radical (unpaired) electrons. The molecule has 2 amide bonds. The maximum absolute atomic E-state index is 12.7. The third-order valence-electron chi connectivity index (χ3n) is 3.20. The first-order chi connectivity index (χ1) is 10.2. The molecule has 4 heteroatoms. The highest BCUT2D eigenvalue weighted by atomic mass is 16.3. The molecule has 0 spiro atoms. The molecule has 2 rings (SSSR count). The van der Waals surface area contributed by atoms with Crippen LogP contribution in [0.1, 0.15) is 6.42 Å². The van der Waals surface area contributed by atoms with Gasteiger partial charge in [0.25, 0.3) is 0 Å². The van der Waals surface area contributed by atoms with Crippen LogP contribution in [0.15, 0.2) is 60.7 Å². The van der Waals surface area contributed by atoms with Gasteiger partial charge in [0.1, 0.15) is 0 Å². The van der Waals surface area contributed by atoms with Gasteiger partial charge in [-0.15, -0.1) is 0 Å². The molecular weight excluding hydrogens is 264 g/mol. The molecule has 1 N–H and O–H groups in total. The van der Waals surface area contributed by atoms with Crippen LogP contribution < -0.4 is 4.90 Å². The van der Waals surface area contributed by atoms with Crippen LogP contribution in [0.25, 0.3) is 0 Å². The number of aliphatic hydroxyl groups is 1. The standard InChI is InChI=1S/C17H20N2O2/c1-18(13-8-14-20)17(21)19(15-9-4-2-5-10-15)16-11-6-3-7-12-16/h2-7,9-12,20H,8,13-14H2,1H3. The van der Waals surface area contributed by atoms with E-state index in [0.717, 1.165) is 11.4 Å². The first-order valence-electron chi connectivity index (χ1n) is 7.00. The van der Waals surface area contributed by atoms with E-state index in [1.807, 2.05) is 60.7 Å². The van der Waals surface area contributed by atoms with Crippen molar-refractivity contribution in [3.8, 4) is 0 Å². The van der Waals surface area contributed by atoms with Gasteiger partial charge in [-0.1, -0.05) is 36.4 Å². The van der Waals surface area contributed by atoms with Crippen LogP contribution in [-0.2, 0) is 0 Å². The second kappa shape index (κ2) is 7.45. The molecule has 0 aliphatic rings. The highest BCUT2D eigenvalue weighted by Crippen LogP contribution is 2.26. The largest absolute Gasteiger partial charge is 0.396 e. The van der Waals surface area contributed by atoms with Crippen LogP contribution in [0.2, 0.25) is 0 Å². The summed E-state index contributed by atoms with van der Waals surface area (Å²) in [7, 11) is 1.75. The summed E-state index contributed by atoms with van der Waals surface area (Å²) in [5.41, 5.74) is 1.65. The third-order valence-corrected chi connectivity index (χ3v) is 3.20. The number of carbonyl (C=O) groups excluding carboxylic acids is 1. The van der Waals surface area contributed by atoms with Crippen molar-refractivity contribution in [3.63, 3.8) is 0 Å². The molecule has 0 aliphatic carbocycles. The van der Waals surface area contributed by atoms with E-state index >= 15 is 0 Å². The van der Waals surface area contributed by atoms with Crippen molar-refractivity contribution in [2.45, 2.75) is 6.42 Å². The quantitative estimate of drug-likeness (QED) is 0.916. The Balaban J connectivity index is 2.31. The first kappa shape index (κ1) is 15.1. The van der Waals surface area contributed by atoms with E-state index < -0.39 is 0 Å². The van der Waals surface area contributed by atoms with Crippen molar-refractivity contribution in [1.29, 1.82) is 0 Å². The normalized spacial score (nSPS) is 10.2. The van der Waals surface area contributed by atoms with Crippen molar-refractivity contribution in [3.05, 3.63) is 60.7 Å². The number of amides is 2. The molecular formula is C17H20N2O2. The van der Waals surface area contributed by atoms with Gasteiger partial charge in [0.05, 0.1) is 11.4 Å². The maximum Gasteiger partial charge on any atom is 0.328 e. The van der Waals surface area contributed by atoms with Gasteiger partial charge in [-0.05, 0) is 30.7 Å². The highest BCUT2D eigenvalue weighted by Gasteiger charge is 2.20. The van der Waals surface area contributed by atoms with Crippen LogP contribution >= 0.6 is 0 Å². The summed E-state index contributed by atoms with van der Waals surface area (Å²) in [6, 6.07) is 19.0. The van der Waals surface area contributed by atoms with Gasteiger partial charge in [-0.3, -0.25) is 4.90 Å². The van der Waals surface area contributed by atoms with Gasteiger partial charge in [0.2, 0.25) is 0 Å². The molecule has 0 atom stereocenters. The van der Waals surface area contributed by atoms with Gasteiger partial charge in [0.15, 0.2) is 0 Å². The van der Waals surface area contributed by atoms with Crippen LogP contribution in [0.5, 0.6) is 0 Å². The number of rotatable bonds is 5. The first-order valence-corrected chi connectivity index (χ1v) is 7.00. The van der Waals surface area contributed by atoms with Crippen LogP contribution in [0.3, 0.4) is 0 Å². The number of nitrogens with zero attached hydrogens (tertiary/aromatic N) is 2. The lowest BCUT2D eigenvalue weighted by Crippen LogP contribution is -2.39. The molecule has 0 fully saturated rings.